The van der Waals surface area contributed by atoms with Gasteiger partial charge >= 0.3 is 0 Å². The summed E-state index contributed by atoms with van der Waals surface area (Å²) in [5, 5.41) is 2.75. The van der Waals surface area contributed by atoms with Crippen LogP contribution in [0.3, 0.4) is 0 Å². The number of carbonyl (C=O) groups is 1. The van der Waals surface area contributed by atoms with Crippen molar-refractivity contribution in [2.75, 3.05) is 13.1 Å². The van der Waals surface area contributed by atoms with Crippen LogP contribution in [0.1, 0.15) is 35.7 Å². The van der Waals surface area contributed by atoms with Crippen LogP contribution in [-0.2, 0) is 0 Å². The average molecular weight is 206 g/mol. The van der Waals surface area contributed by atoms with Gasteiger partial charge in [0, 0.05) is 18.7 Å². The first-order valence-corrected chi connectivity index (χ1v) is 5.23. The van der Waals surface area contributed by atoms with Crippen LogP contribution < -0.4 is 11.1 Å². The highest BCUT2D eigenvalue weighted by atomic mass is 16.1. The van der Waals surface area contributed by atoms with Crippen molar-refractivity contribution in [1.82, 2.24) is 5.32 Å². The number of benzene rings is 1. The van der Waals surface area contributed by atoms with Gasteiger partial charge in [0.05, 0.1) is 0 Å². The predicted octanol–water partition coefficient (Wildman–Crippen LogP) is 1.50. The van der Waals surface area contributed by atoms with Crippen molar-refractivity contribution in [2.45, 2.75) is 19.8 Å². The molecule has 0 aliphatic carbocycles. The summed E-state index contributed by atoms with van der Waals surface area (Å²) >= 11 is 0. The third kappa shape index (κ3) is 3.36. The third-order valence-electron chi connectivity index (χ3n) is 2.25. The predicted molar refractivity (Wildman–Crippen MR) is 61.9 cm³/mol. The Balaban J connectivity index is 2.76. The zero-order valence-electron chi connectivity index (χ0n) is 9.29. The third-order valence-corrected chi connectivity index (χ3v) is 2.25. The number of amides is 1. The molecule has 0 bridgehead atoms. The molecule has 0 radical (unpaired) electrons. The maximum Gasteiger partial charge on any atom is 0.251 e. The molecular weight excluding hydrogens is 188 g/mol. The van der Waals surface area contributed by atoms with Gasteiger partial charge in [-0.3, -0.25) is 4.79 Å². The van der Waals surface area contributed by atoms with Gasteiger partial charge in [0.1, 0.15) is 0 Å². The van der Waals surface area contributed by atoms with Gasteiger partial charge in [-0.05, 0) is 23.6 Å². The Morgan fingerprint density at radius 3 is 2.80 bits per heavy atom. The van der Waals surface area contributed by atoms with Gasteiger partial charge in [-0.1, -0.05) is 26.0 Å². The van der Waals surface area contributed by atoms with Gasteiger partial charge < -0.3 is 11.1 Å². The molecule has 0 heterocycles. The molecule has 0 saturated heterocycles. The molecule has 0 unspecified atom stereocenters. The Kier molecular flexibility index (Phi) is 4.31. The maximum absolute atomic E-state index is 11.6. The van der Waals surface area contributed by atoms with Crippen LogP contribution in [0.15, 0.2) is 24.3 Å². The van der Waals surface area contributed by atoms with Gasteiger partial charge in [-0.15, -0.1) is 0 Å². The molecule has 0 spiro atoms. The minimum atomic E-state index is -0.0528. The molecule has 1 aromatic carbocycles. The lowest BCUT2D eigenvalue weighted by Gasteiger charge is -2.08. The SMILES string of the molecule is CC(C)c1cccc(C(=O)NCCN)c1. The smallest absolute Gasteiger partial charge is 0.251 e. The number of carbonyl (C=O) groups excluding carboxylic acids is 1. The van der Waals surface area contributed by atoms with E-state index in [1.54, 1.807) is 0 Å². The number of nitrogens with one attached hydrogen (secondary N) is 1. The summed E-state index contributed by atoms with van der Waals surface area (Å²) < 4.78 is 0. The van der Waals surface area contributed by atoms with Gasteiger partial charge in [0.15, 0.2) is 0 Å². The fourth-order valence-electron chi connectivity index (χ4n) is 1.33. The van der Waals surface area contributed by atoms with Crippen LogP contribution in [-0.4, -0.2) is 19.0 Å². The van der Waals surface area contributed by atoms with Crippen molar-refractivity contribution >= 4 is 5.91 Å². The van der Waals surface area contributed by atoms with Crippen molar-refractivity contribution in [3.63, 3.8) is 0 Å². The van der Waals surface area contributed by atoms with E-state index in [-0.39, 0.29) is 5.91 Å². The molecule has 82 valence electrons. The summed E-state index contributed by atoms with van der Waals surface area (Å²) in [6, 6.07) is 7.69. The van der Waals surface area contributed by atoms with Crippen LogP contribution in [0, 0.1) is 0 Å². The Hall–Kier alpha value is -1.35. The number of rotatable bonds is 4. The molecule has 0 aromatic heterocycles. The zero-order valence-corrected chi connectivity index (χ0v) is 9.29. The molecule has 1 rings (SSSR count). The molecule has 0 aliphatic heterocycles. The first kappa shape index (κ1) is 11.7. The largest absolute Gasteiger partial charge is 0.351 e. The number of hydrogen-bond donors (Lipinski definition) is 2. The van der Waals surface area contributed by atoms with Crippen molar-refractivity contribution in [1.29, 1.82) is 0 Å². The average Bonchev–Trinajstić information content (AvgIpc) is 2.26. The highest BCUT2D eigenvalue weighted by molar-refractivity contribution is 5.94. The Morgan fingerprint density at radius 2 is 2.20 bits per heavy atom. The lowest BCUT2D eigenvalue weighted by molar-refractivity contribution is 0.0954. The first-order valence-electron chi connectivity index (χ1n) is 5.23. The standard InChI is InChI=1S/C12H18N2O/c1-9(2)10-4-3-5-11(8-10)12(15)14-7-6-13/h3-5,8-9H,6-7,13H2,1-2H3,(H,14,15). The van der Waals surface area contributed by atoms with Gasteiger partial charge in [-0.2, -0.15) is 0 Å². The molecule has 15 heavy (non-hydrogen) atoms. The minimum absolute atomic E-state index is 0.0528. The van der Waals surface area contributed by atoms with E-state index in [0.29, 0.717) is 24.6 Å². The maximum atomic E-state index is 11.6. The molecule has 3 N–H and O–H groups in total. The Morgan fingerprint density at radius 1 is 1.47 bits per heavy atom. The summed E-state index contributed by atoms with van der Waals surface area (Å²) in [6.45, 7) is 5.20. The fraction of sp³-hybridized carbons (Fsp3) is 0.417. The van der Waals surface area contributed by atoms with E-state index >= 15 is 0 Å². The molecule has 0 saturated carbocycles. The summed E-state index contributed by atoms with van der Waals surface area (Å²) in [5.41, 5.74) is 7.20. The van der Waals surface area contributed by atoms with E-state index in [1.807, 2.05) is 24.3 Å². The van der Waals surface area contributed by atoms with Crippen molar-refractivity contribution < 1.29 is 4.79 Å². The van der Waals surface area contributed by atoms with Crippen molar-refractivity contribution in [3.8, 4) is 0 Å². The van der Waals surface area contributed by atoms with Crippen LogP contribution in [0.25, 0.3) is 0 Å². The quantitative estimate of drug-likeness (QED) is 0.784. The van der Waals surface area contributed by atoms with Crippen molar-refractivity contribution in [3.05, 3.63) is 35.4 Å². The van der Waals surface area contributed by atoms with Crippen molar-refractivity contribution in [2.24, 2.45) is 5.73 Å². The van der Waals surface area contributed by atoms with E-state index in [9.17, 15) is 4.79 Å². The van der Waals surface area contributed by atoms with Crippen LogP contribution >= 0.6 is 0 Å². The second-order valence-corrected chi connectivity index (χ2v) is 3.82. The summed E-state index contributed by atoms with van der Waals surface area (Å²) in [5.74, 6) is 0.384. The number of nitrogens with two attached hydrogens (primary N) is 1. The van der Waals surface area contributed by atoms with E-state index < -0.39 is 0 Å². The molecule has 1 aromatic rings. The number of hydrogen-bond acceptors (Lipinski definition) is 2. The van der Waals surface area contributed by atoms with Crippen LogP contribution in [0.4, 0.5) is 0 Å². The second kappa shape index (κ2) is 5.51. The topological polar surface area (TPSA) is 55.1 Å². The molecule has 1 amide bonds. The lowest BCUT2D eigenvalue weighted by Crippen LogP contribution is -2.29. The van der Waals surface area contributed by atoms with Crippen LogP contribution in [0.2, 0.25) is 0 Å². The lowest BCUT2D eigenvalue weighted by atomic mass is 10.0. The minimum Gasteiger partial charge on any atom is -0.351 e. The molecule has 3 heteroatoms. The van der Waals surface area contributed by atoms with E-state index in [0.717, 1.165) is 0 Å². The van der Waals surface area contributed by atoms with Gasteiger partial charge in [0.25, 0.3) is 5.91 Å². The molecule has 0 aliphatic rings. The zero-order chi connectivity index (χ0) is 11.3. The monoisotopic (exact) mass is 206 g/mol. The summed E-state index contributed by atoms with van der Waals surface area (Å²) in [6.07, 6.45) is 0. The van der Waals surface area contributed by atoms with E-state index in [4.69, 9.17) is 5.73 Å². The molecule has 0 atom stereocenters. The summed E-state index contributed by atoms with van der Waals surface area (Å²) in [4.78, 5) is 11.6. The second-order valence-electron chi connectivity index (χ2n) is 3.82. The Labute approximate surface area is 90.7 Å². The molecule has 3 nitrogen and oxygen atoms in total. The fourth-order valence-corrected chi connectivity index (χ4v) is 1.33. The van der Waals surface area contributed by atoms with Gasteiger partial charge in [0.2, 0.25) is 0 Å². The molecular formula is C12H18N2O. The molecule has 0 fully saturated rings. The van der Waals surface area contributed by atoms with Gasteiger partial charge in [-0.25, -0.2) is 0 Å². The van der Waals surface area contributed by atoms with E-state index in [1.165, 1.54) is 5.56 Å². The van der Waals surface area contributed by atoms with E-state index in [2.05, 4.69) is 19.2 Å². The highest BCUT2D eigenvalue weighted by Gasteiger charge is 2.06. The van der Waals surface area contributed by atoms with Crippen LogP contribution in [0.5, 0.6) is 0 Å². The normalized spacial score (nSPS) is 10.4. The highest BCUT2D eigenvalue weighted by Crippen LogP contribution is 2.15. The Bertz CT molecular complexity index is 334. The summed E-state index contributed by atoms with van der Waals surface area (Å²) in [7, 11) is 0. The first-order chi connectivity index (χ1) is 7.15.